The lowest BCUT2D eigenvalue weighted by Gasteiger charge is -2.28. The Hall–Kier alpha value is -4.14. The number of ether oxygens (including phenoxy) is 2. The molecule has 0 saturated heterocycles. The summed E-state index contributed by atoms with van der Waals surface area (Å²) in [4.78, 5) is 41.1. The molecule has 2 aromatic carbocycles. The number of rotatable bonds is 10. The van der Waals surface area contributed by atoms with Crippen LogP contribution in [0.4, 0.5) is 16.3 Å². The Bertz CT molecular complexity index is 1360. The minimum absolute atomic E-state index is 0.143. The first-order valence-electron chi connectivity index (χ1n) is 14.7. The maximum Gasteiger partial charge on any atom is 0.410 e. The van der Waals surface area contributed by atoms with Gasteiger partial charge in [-0.2, -0.15) is 0 Å². The third-order valence-electron chi connectivity index (χ3n) is 7.04. The number of hydrogen-bond acceptors (Lipinski definition) is 7. The van der Waals surface area contributed by atoms with Crippen LogP contribution in [0.25, 0.3) is 0 Å². The molecular weight excluding hydrogens is 530 g/mol. The molecule has 0 fully saturated rings. The average molecular weight is 574 g/mol. The number of amides is 2. The van der Waals surface area contributed by atoms with E-state index in [1.807, 2.05) is 87.3 Å². The van der Waals surface area contributed by atoms with Crippen LogP contribution in [0.15, 0.2) is 60.8 Å². The van der Waals surface area contributed by atoms with Crippen molar-refractivity contribution in [3.05, 3.63) is 77.7 Å². The lowest BCUT2D eigenvalue weighted by Crippen LogP contribution is -2.37. The fourth-order valence-electron chi connectivity index (χ4n) is 4.78. The van der Waals surface area contributed by atoms with Crippen LogP contribution in [-0.2, 0) is 11.2 Å². The summed E-state index contributed by atoms with van der Waals surface area (Å²) >= 11 is 0. The summed E-state index contributed by atoms with van der Waals surface area (Å²) in [7, 11) is 3.66. The smallest absolute Gasteiger partial charge is 0.410 e. The molecule has 1 atom stereocenters. The van der Waals surface area contributed by atoms with Crippen molar-refractivity contribution >= 4 is 23.5 Å². The molecule has 0 saturated carbocycles. The van der Waals surface area contributed by atoms with Gasteiger partial charge >= 0.3 is 6.09 Å². The van der Waals surface area contributed by atoms with Gasteiger partial charge in [-0.3, -0.25) is 4.79 Å². The molecule has 4 rings (SSSR count). The number of likely N-dealkylation sites (N-methyl/N-ethyl adjacent to an activating group) is 2. The highest BCUT2D eigenvalue weighted by Crippen LogP contribution is 2.30. The molecule has 0 radical (unpaired) electrons. The van der Waals surface area contributed by atoms with Gasteiger partial charge in [0.1, 0.15) is 34.7 Å². The van der Waals surface area contributed by atoms with E-state index >= 15 is 0 Å². The molecule has 1 aliphatic heterocycles. The number of anilines is 2. The number of carbonyl (C=O) groups is 2. The molecule has 0 bridgehead atoms. The van der Waals surface area contributed by atoms with Crippen molar-refractivity contribution in [2.75, 3.05) is 43.5 Å². The number of carbonyl (C=O) groups excluding carboxylic acids is 2. The third kappa shape index (κ3) is 7.99. The van der Waals surface area contributed by atoms with Crippen LogP contribution in [0.5, 0.6) is 5.75 Å². The molecule has 1 aromatic heterocycles. The maximum absolute atomic E-state index is 13.8. The average Bonchev–Trinajstić information content (AvgIpc) is 3.08. The Morgan fingerprint density at radius 3 is 2.55 bits per heavy atom. The largest absolute Gasteiger partial charge is 0.484 e. The standard InChI is InChI=1S/C33H43N5O4/c1-7-8-10-18-29-34-22-27-30(35-29)36(5)19-20-38(31(27)39)25-16-13-17-26(21-25)41-28(24-14-11-9-12-15-24)23-37(6)32(40)42-33(2,3)4/h9,11-17,21-22,28H,7-8,10,18-20,23H2,1-6H3. The molecule has 224 valence electrons. The summed E-state index contributed by atoms with van der Waals surface area (Å²) in [6.45, 7) is 9.09. The van der Waals surface area contributed by atoms with Gasteiger partial charge in [0, 0.05) is 51.6 Å². The van der Waals surface area contributed by atoms with E-state index in [-0.39, 0.29) is 12.5 Å². The summed E-state index contributed by atoms with van der Waals surface area (Å²) in [5.41, 5.74) is 1.53. The molecule has 1 aliphatic rings. The van der Waals surface area contributed by atoms with Crippen LogP contribution >= 0.6 is 0 Å². The van der Waals surface area contributed by atoms with E-state index in [2.05, 4.69) is 11.9 Å². The molecule has 1 unspecified atom stereocenters. The summed E-state index contributed by atoms with van der Waals surface area (Å²) in [5, 5.41) is 0. The highest BCUT2D eigenvalue weighted by atomic mass is 16.6. The Morgan fingerprint density at radius 2 is 1.83 bits per heavy atom. The Morgan fingerprint density at radius 1 is 1.07 bits per heavy atom. The molecule has 0 N–H and O–H groups in total. The van der Waals surface area contributed by atoms with Gasteiger partial charge in [-0.25, -0.2) is 14.8 Å². The fourth-order valence-corrected chi connectivity index (χ4v) is 4.78. The quantitative estimate of drug-likeness (QED) is 0.263. The normalized spacial score (nSPS) is 14.2. The predicted molar refractivity (Wildman–Crippen MR) is 165 cm³/mol. The fraction of sp³-hybridized carbons (Fsp3) is 0.455. The Balaban J connectivity index is 1.56. The zero-order valence-corrected chi connectivity index (χ0v) is 25.7. The van der Waals surface area contributed by atoms with Gasteiger partial charge in [0.05, 0.1) is 6.54 Å². The Kier molecular flexibility index (Phi) is 10.0. The van der Waals surface area contributed by atoms with Gasteiger partial charge in [0.2, 0.25) is 0 Å². The van der Waals surface area contributed by atoms with Gasteiger partial charge in [-0.1, -0.05) is 56.2 Å². The third-order valence-corrected chi connectivity index (χ3v) is 7.04. The number of benzene rings is 2. The van der Waals surface area contributed by atoms with E-state index in [0.717, 1.165) is 42.8 Å². The zero-order chi connectivity index (χ0) is 30.3. The van der Waals surface area contributed by atoms with E-state index in [4.69, 9.17) is 14.5 Å². The van der Waals surface area contributed by atoms with Crippen molar-refractivity contribution in [3.8, 4) is 5.75 Å². The molecule has 9 heteroatoms. The highest BCUT2D eigenvalue weighted by molar-refractivity contribution is 6.09. The second-order valence-corrected chi connectivity index (χ2v) is 11.7. The minimum Gasteiger partial charge on any atom is -0.484 e. The monoisotopic (exact) mass is 573 g/mol. The summed E-state index contributed by atoms with van der Waals surface area (Å²) in [6, 6.07) is 17.3. The molecule has 0 aliphatic carbocycles. The van der Waals surface area contributed by atoms with Crippen molar-refractivity contribution in [2.45, 2.75) is 65.1 Å². The van der Waals surface area contributed by atoms with Crippen LogP contribution in [0, 0.1) is 0 Å². The topological polar surface area (TPSA) is 88.1 Å². The van der Waals surface area contributed by atoms with Crippen LogP contribution in [0.3, 0.4) is 0 Å². The zero-order valence-electron chi connectivity index (χ0n) is 25.7. The van der Waals surface area contributed by atoms with Crippen molar-refractivity contribution in [1.29, 1.82) is 0 Å². The van der Waals surface area contributed by atoms with E-state index in [1.165, 1.54) is 4.90 Å². The molecule has 0 spiro atoms. The van der Waals surface area contributed by atoms with E-state index in [1.54, 1.807) is 18.1 Å². The number of hydrogen-bond donors (Lipinski definition) is 0. The second-order valence-electron chi connectivity index (χ2n) is 11.7. The van der Waals surface area contributed by atoms with Gasteiger partial charge in [-0.15, -0.1) is 0 Å². The van der Waals surface area contributed by atoms with Gasteiger partial charge in [0.15, 0.2) is 0 Å². The second kappa shape index (κ2) is 13.7. The number of aryl methyl sites for hydroxylation is 1. The number of aromatic nitrogens is 2. The molecule has 3 aromatic rings. The minimum atomic E-state index is -0.600. The molecule has 2 heterocycles. The number of unbranched alkanes of at least 4 members (excludes halogenated alkanes) is 2. The first-order valence-corrected chi connectivity index (χ1v) is 14.7. The molecule has 2 amide bonds. The van der Waals surface area contributed by atoms with Crippen molar-refractivity contribution < 1.29 is 19.1 Å². The van der Waals surface area contributed by atoms with E-state index < -0.39 is 17.8 Å². The van der Waals surface area contributed by atoms with Crippen molar-refractivity contribution in [2.24, 2.45) is 0 Å². The first-order chi connectivity index (χ1) is 20.1. The predicted octanol–water partition coefficient (Wildman–Crippen LogP) is 6.29. The number of nitrogens with zero attached hydrogens (tertiary/aromatic N) is 5. The maximum atomic E-state index is 13.8. The van der Waals surface area contributed by atoms with Gasteiger partial charge in [-0.05, 0) is 44.9 Å². The molecular formula is C33H43N5O4. The van der Waals surface area contributed by atoms with Crippen LogP contribution in [0.1, 0.15) is 74.8 Å². The van der Waals surface area contributed by atoms with Gasteiger partial charge in [0.25, 0.3) is 5.91 Å². The molecule has 9 nitrogen and oxygen atoms in total. The van der Waals surface area contributed by atoms with Crippen LogP contribution in [0.2, 0.25) is 0 Å². The number of fused-ring (bicyclic) bond motifs is 1. The van der Waals surface area contributed by atoms with Crippen LogP contribution < -0.4 is 14.5 Å². The lowest BCUT2D eigenvalue weighted by atomic mass is 10.1. The van der Waals surface area contributed by atoms with E-state index in [9.17, 15) is 9.59 Å². The SMILES string of the molecule is CCCCCc1ncc2c(n1)N(C)CCN(c1cccc(OC(CN(C)C(=O)OC(C)(C)C)c3ccccc3)c1)C2=O. The first kappa shape index (κ1) is 30.8. The lowest BCUT2D eigenvalue weighted by molar-refractivity contribution is 0.0226. The van der Waals surface area contributed by atoms with Crippen LogP contribution in [-0.4, -0.2) is 66.2 Å². The van der Waals surface area contributed by atoms with Crippen molar-refractivity contribution in [1.82, 2.24) is 14.9 Å². The summed E-state index contributed by atoms with van der Waals surface area (Å²) in [5.74, 6) is 1.89. The summed E-state index contributed by atoms with van der Waals surface area (Å²) < 4.78 is 12.0. The molecule has 42 heavy (non-hydrogen) atoms. The Labute approximate surface area is 249 Å². The summed E-state index contributed by atoms with van der Waals surface area (Å²) in [6.07, 6.45) is 4.89. The highest BCUT2D eigenvalue weighted by Gasteiger charge is 2.29. The van der Waals surface area contributed by atoms with E-state index in [0.29, 0.717) is 30.2 Å². The van der Waals surface area contributed by atoms with Crippen molar-refractivity contribution in [3.63, 3.8) is 0 Å². The van der Waals surface area contributed by atoms with Gasteiger partial charge < -0.3 is 24.2 Å².